The summed E-state index contributed by atoms with van der Waals surface area (Å²) in [6.07, 6.45) is 17.5. The molecule has 1 aliphatic carbocycles. The zero-order valence-corrected chi connectivity index (χ0v) is 9.99. The lowest BCUT2D eigenvalue weighted by atomic mass is 9.89. The molecule has 0 aliphatic heterocycles. The number of rotatable bonds is 3. The summed E-state index contributed by atoms with van der Waals surface area (Å²) in [6.45, 7) is 2.31. The molecule has 0 amide bonds. The van der Waals surface area contributed by atoms with Crippen molar-refractivity contribution in [2.24, 2.45) is 0 Å². The molecule has 14 heavy (non-hydrogen) atoms. The molecule has 0 unspecified atom stereocenters. The molecule has 83 valence electrons. The van der Waals surface area contributed by atoms with Gasteiger partial charge in [0.25, 0.3) is 0 Å². The highest BCUT2D eigenvalue weighted by Gasteiger charge is 2.09. The van der Waals surface area contributed by atoms with Crippen LogP contribution >= 0.6 is 0 Å². The number of unbranched alkanes of at least 4 members (excludes halogenated alkanes) is 1. The van der Waals surface area contributed by atoms with E-state index in [9.17, 15) is 0 Å². The molecule has 1 fully saturated rings. The fourth-order valence-electron chi connectivity index (χ4n) is 2.44. The van der Waals surface area contributed by atoms with Crippen LogP contribution in [-0.4, -0.2) is 0 Å². The van der Waals surface area contributed by atoms with Gasteiger partial charge in [0.1, 0.15) is 0 Å². The minimum atomic E-state index is 1.36. The van der Waals surface area contributed by atoms with E-state index in [0.717, 1.165) is 0 Å². The lowest BCUT2D eigenvalue weighted by molar-refractivity contribution is 0.499. The van der Waals surface area contributed by atoms with Crippen LogP contribution in [0, 0.1) is 5.92 Å². The maximum atomic E-state index is 2.31. The van der Waals surface area contributed by atoms with Crippen molar-refractivity contribution < 1.29 is 0 Å². The van der Waals surface area contributed by atoms with E-state index < -0.39 is 0 Å². The van der Waals surface area contributed by atoms with Crippen LogP contribution in [-0.2, 0) is 0 Å². The minimum absolute atomic E-state index is 1.36. The van der Waals surface area contributed by atoms with Crippen molar-refractivity contribution in [3.8, 4) is 0 Å². The van der Waals surface area contributed by atoms with Crippen LogP contribution in [0.15, 0.2) is 0 Å². The van der Waals surface area contributed by atoms with Gasteiger partial charge in [-0.3, -0.25) is 0 Å². The van der Waals surface area contributed by atoms with E-state index in [1.165, 1.54) is 77.0 Å². The van der Waals surface area contributed by atoms with Gasteiger partial charge in [0.2, 0.25) is 0 Å². The molecular formula is C14H27. The van der Waals surface area contributed by atoms with Gasteiger partial charge in [-0.25, -0.2) is 0 Å². The highest BCUT2D eigenvalue weighted by atomic mass is 14.1. The monoisotopic (exact) mass is 195 g/mol. The quantitative estimate of drug-likeness (QED) is 0.575. The fourth-order valence-corrected chi connectivity index (χ4v) is 2.44. The highest BCUT2D eigenvalue weighted by Crippen LogP contribution is 2.26. The zero-order chi connectivity index (χ0) is 10.1. The van der Waals surface area contributed by atoms with Gasteiger partial charge < -0.3 is 0 Å². The molecule has 0 nitrogen and oxygen atoms in total. The largest absolute Gasteiger partial charge is 0.0654 e. The van der Waals surface area contributed by atoms with E-state index in [1.54, 1.807) is 0 Å². The third kappa shape index (κ3) is 5.67. The molecule has 0 aromatic rings. The summed E-state index contributed by atoms with van der Waals surface area (Å²) in [5.74, 6) is 1.88. The van der Waals surface area contributed by atoms with Crippen LogP contribution in [0.5, 0.6) is 0 Å². The van der Waals surface area contributed by atoms with E-state index in [4.69, 9.17) is 0 Å². The third-order valence-corrected chi connectivity index (χ3v) is 3.44. The van der Waals surface area contributed by atoms with Gasteiger partial charge >= 0.3 is 0 Å². The summed E-state index contributed by atoms with van der Waals surface area (Å²) in [5, 5.41) is 0. The highest BCUT2D eigenvalue weighted by molar-refractivity contribution is 4.89. The molecule has 0 heteroatoms. The predicted molar refractivity (Wildman–Crippen MR) is 64.3 cm³/mol. The second kappa shape index (κ2) is 8.32. The summed E-state index contributed by atoms with van der Waals surface area (Å²) < 4.78 is 0. The van der Waals surface area contributed by atoms with Crippen molar-refractivity contribution in [3.63, 3.8) is 0 Å². The molecule has 1 aliphatic rings. The van der Waals surface area contributed by atoms with Crippen molar-refractivity contribution in [1.82, 2.24) is 0 Å². The Kier molecular flexibility index (Phi) is 7.17. The summed E-state index contributed by atoms with van der Waals surface area (Å²) in [7, 11) is 0. The molecule has 0 aromatic heterocycles. The van der Waals surface area contributed by atoms with Gasteiger partial charge in [-0.15, -0.1) is 0 Å². The van der Waals surface area contributed by atoms with Crippen LogP contribution in [0.25, 0.3) is 0 Å². The van der Waals surface area contributed by atoms with E-state index in [-0.39, 0.29) is 0 Å². The molecule has 0 atom stereocenters. The Labute approximate surface area is 90.5 Å². The fraction of sp³-hybridized carbons (Fsp3) is 0.929. The maximum Gasteiger partial charge on any atom is -0.0241 e. The molecular weight excluding hydrogens is 168 g/mol. The first-order valence-corrected chi connectivity index (χ1v) is 6.77. The predicted octanol–water partition coefficient (Wildman–Crippen LogP) is 5.28. The van der Waals surface area contributed by atoms with Crippen molar-refractivity contribution in [2.75, 3.05) is 0 Å². The van der Waals surface area contributed by atoms with Crippen molar-refractivity contribution in [3.05, 3.63) is 5.92 Å². The summed E-state index contributed by atoms with van der Waals surface area (Å²) >= 11 is 0. The van der Waals surface area contributed by atoms with Gasteiger partial charge in [-0.2, -0.15) is 0 Å². The molecule has 0 spiro atoms. The zero-order valence-electron chi connectivity index (χ0n) is 9.99. The normalized spacial score (nSPS) is 22.1. The van der Waals surface area contributed by atoms with Crippen LogP contribution in [0.3, 0.4) is 0 Å². The minimum Gasteiger partial charge on any atom is -0.0654 e. The molecule has 0 aromatic carbocycles. The Morgan fingerprint density at radius 3 is 1.79 bits per heavy atom. The lowest BCUT2D eigenvalue weighted by Crippen LogP contribution is -2.00. The third-order valence-electron chi connectivity index (χ3n) is 3.44. The smallest absolute Gasteiger partial charge is 0.0241 e. The van der Waals surface area contributed by atoms with Gasteiger partial charge in [-0.1, -0.05) is 64.7 Å². The molecule has 1 saturated carbocycles. The molecule has 0 heterocycles. The van der Waals surface area contributed by atoms with E-state index in [1.807, 2.05) is 5.92 Å². The Hall–Kier alpha value is 0. The number of hydrogen-bond donors (Lipinski definition) is 0. The van der Waals surface area contributed by atoms with Gasteiger partial charge in [0, 0.05) is 0 Å². The second-order valence-corrected chi connectivity index (χ2v) is 4.83. The topological polar surface area (TPSA) is 0 Å². The van der Waals surface area contributed by atoms with Crippen molar-refractivity contribution >= 4 is 0 Å². The van der Waals surface area contributed by atoms with Crippen LogP contribution in [0.1, 0.15) is 84.0 Å². The molecule has 1 rings (SSSR count). The summed E-state index contributed by atoms with van der Waals surface area (Å²) in [4.78, 5) is 0. The summed E-state index contributed by atoms with van der Waals surface area (Å²) in [5.41, 5.74) is 0. The maximum absolute atomic E-state index is 2.31. The second-order valence-electron chi connectivity index (χ2n) is 4.83. The standard InChI is InChI=1S/C14H27/c1-2-3-11-14-12-9-7-5-4-6-8-10-13-14/h2-13H2,1H3. The van der Waals surface area contributed by atoms with E-state index >= 15 is 0 Å². The number of hydrogen-bond acceptors (Lipinski definition) is 0. The van der Waals surface area contributed by atoms with E-state index in [0.29, 0.717) is 0 Å². The van der Waals surface area contributed by atoms with E-state index in [2.05, 4.69) is 6.92 Å². The SMILES string of the molecule is CCCC[C]1CCCCCCCCC1. The van der Waals surface area contributed by atoms with Crippen LogP contribution < -0.4 is 0 Å². The van der Waals surface area contributed by atoms with Crippen LogP contribution in [0.4, 0.5) is 0 Å². The lowest BCUT2D eigenvalue weighted by Gasteiger charge is -2.17. The first-order chi connectivity index (χ1) is 6.93. The Morgan fingerprint density at radius 1 is 0.786 bits per heavy atom. The van der Waals surface area contributed by atoms with Gasteiger partial charge in [-0.05, 0) is 25.2 Å². The average molecular weight is 195 g/mol. The Balaban J connectivity index is 2.16. The van der Waals surface area contributed by atoms with Crippen molar-refractivity contribution in [1.29, 1.82) is 0 Å². The summed E-state index contributed by atoms with van der Waals surface area (Å²) in [6, 6.07) is 0. The molecule has 1 radical (unpaired) electrons. The van der Waals surface area contributed by atoms with Gasteiger partial charge in [0.05, 0.1) is 0 Å². The Morgan fingerprint density at radius 2 is 1.29 bits per heavy atom. The first-order valence-electron chi connectivity index (χ1n) is 6.77. The van der Waals surface area contributed by atoms with Crippen LogP contribution in [0.2, 0.25) is 0 Å². The molecule has 0 saturated heterocycles. The van der Waals surface area contributed by atoms with Crippen molar-refractivity contribution in [2.45, 2.75) is 84.0 Å². The first kappa shape index (κ1) is 12.1. The molecule has 0 bridgehead atoms. The van der Waals surface area contributed by atoms with Gasteiger partial charge in [0.15, 0.2) is 0 Å². The Bertz CT molecular complexity index is 107. The average Bonchev–Trinajstić information content (AvgIpc) is 2.23. The molecule has 0 N–H and O–H groups in total.